The van der Waals surface area contributed by atoms with Crippen LogP contribution in [0.5, 0.6) is 0 Å². The van der Waals surface area contributed by atoms with E-state index in [-0.39, 0.29) is 0 Å². The highest BCUT2D eigenvalue weighted by Gasteiger charge is 2.48. The van der Waals surface area contributed by atoms with Crippen molar-refractivity contribution in [2.75, 3.05) is 20.8 Å². The van der Waals surface area contributed by atoms with Gasteiger partial charge in [-0.2, -0.15) is 0 Å². The Bertz CT molecular complexity index is 144. The van der Waals surface area contributed by atoms with E-state index >= 15 is 0 Å². The summed E-state index contributed by atoms with van der Waals surface area (Å²) in [5.41, 5.74) is 5.51. The molecule has 0 aliphatic heterocycles. The van der Waals surface area contributed by atoms with Gasteiger partial charge in [-0.3, -0.25) is 0 Å². The van der Waals surface area contributed by atoms with Crippen LogP contribution >= 0.6 is 0 Å². The number of nitrogens with two attached hydrogens (primary N) is 1. The Morgan fingerprint density at radius 3 is 1.77 bits per heavy atom. The zero-order chi connectivity index (χ0) is 10.5. The molecular formula is C8H23NO2Si2. The van der Waals surface area contributed by atoms with Crippen LogP contribution in [0, 0.1) is 0 Å². The second-order valence-electron chi connectivity index (χ2n) is 4.30. The van der Waals surface area contributed by atoms with Gasteiger partial charge in [0.15, 0.2) is 0 Å². The van der Waals surface area contributed by atoms with Gasteiger partial charge in [0, 0.05) is 14.2 Å². The average Bonchev–Trinajstić information content (AvgIpc) is 2.05. The minimum atomic E-state index is -1.91. The highest BCUT2D eigenvalue weighted by Crippen LogP contribution is 2.25. The molecule has 0 rings (SSSR count). The second kappa shape index (κ2) is 5.26. The molecule has 0 bridgehead atoms. The lowest BCUT2D eigenvalue weighted by molar-refractivity contribution is 0.261. The molecule has 2 N–H and O–H groups in total. The SMILES string of the molecule is CO[Si](CCCN)(OC)[Si](C)(C)C. The standard InChI is InChI=1S/C8H23NO2Si2/c1-10-13(11-2,8-6-7-9)12(3,4)5/h6-9H2,1-5H3. The summed E-state index contributed by atoms with van der Waals surface area (Å²) in [7, 11) is 0.322. The van der Waals surface area contributed by atoms with Gasteiger partial charge >= 0.3 is 8.08 Å². The van der Waals surface area contributed by atoms with E-state index in [2.05, 4.69) is 19.6 Å². The summed E-state index contributed by atoms with van der Waals surface area (Å²) in [6.07, 6.45) is 1.01. The van der Waals surface area contributed by atoms with Crippen molar-refractivity contribution in [2.45, 2.75) is 32.1 Å². The minimum absolute atomic E-state index is 0.728. The largest absolute Gasteiger partial charge is 0.400 e. The normalized spacial score (nSPS) is 13.4. The fourth-order valence-electron chi connectivity index (χ4n) is 1.61. The Labute approximate surface area is 83.7 Å². The monoisotopic (exact) mass is 221 g/mol. The average molecular weight is 221 g/mol. The van der Waals surface area contributed by atoms with E-state index in [9.17, 15) is 0 Å². The Morgan fingerprint density at radius 1 is 1.08 bits per heavy atom. The van der Waals surface area contributed by atoms with Crippen molar-refractivity contribution in [3.05, 3.63) is 0 Å². The van der Waals surface area contributed by atoms with Crippen LogP contribution in [0.1, 0.15) is 6.42 Å². The summed E-state index contributed by atoms with van der Waals surface area (Å²) in [4.78, 5) is 0. The second-order valence-corrected chi connectivity index (χ2v) is 18.4. The van der Waals surface area contributed by atoms with Crippen LogP contribution in [-0.2, 0) is 8.85 Å². The van der Waals surface area contributed by atoms with Gasteiger partial charge in [0.2, 0.25) is 0 Å². The van der Waals surface area contributed by atoms with Crippen LogP contribution < -0.4 is 5.73 Å². The predicted octanol–water partition coefficient (Wildman–Crippen LogP) is 1.49. The predicted molar refractivity (Wildman–Crippen MR) is 61.6 cm³/mol. The maximum atomic E-state index is 5.68. The van der Waals surface area contributed by atoms with Gasteiger partial charge in [0.1, 0.15) is 7.59 Å². The Hall–Kier alpha value is 0.314. The van der Waals surface area contributed by atoms with Crippen molar-refractivity contribution in [3.63, 3.8) is 0 Å². The van der Waals surface area contributed by atoms with E-state index in [1.54, 1.807) is 14.2 Å². The molecule has 13 heavy (non-hydrogen) atoms. The third-order valence-corrected chi connectivity index (χ3v) is 16.0. The lowest BCUT2D eigenvalue weighted by Crippen LogP contribution is -2.61. The molecule has 0 aliphatic rings. The third kappa shape index (κ3) is 3.17. The maximum absolute atomic E-state index is 5.68. The van der Waals surface area contributed by atoms with Crippen LogP contribution in [0.15, 0.2) is 0 Å². The first-order valence-corrected chi connectivity index (χ1v) is 11.3. The molecule has 0 amide bonds. The van der Waals surface area contributed by atoms with Crippen LogP contribution in [0.25, 0.3) is 0 Å². The van der Waals surface area contributed by atoms with Crippen molar-refractivity contribution >= 4 is 15.7 Å². The number of hydrogen-bond donors (Lipinski definition) is 1. The summed E-state index contributed by atoms with van der Waals surface area (Å²) in [6.45, 7) is 7.65. The van der Waals surface area contributed by atoms with Crippen molar-refractivity contribution in [3.8, 4) is 0 Å². The lowest BCUT2D eigenvalue weighted by atomic mass is 10.5. The zero-order valence-electron chi connectivity index (χ0n) is 9.52. The molecule has 5 heteroatoms. The summed E-state index contributed by atoms with van der Waals surface area (Å²) in [6, 6.07) is 1.03. The number of hydrogen-bond acceptors (Lipinski definition) is 3. The summed E-state index contributed by atoms with van der Waals surface area (Å²) < 4.78 is 11.4. The molecule has 0 aromatic heterocycles. The van der Waals surface area contributed by atoms with Crippen molar-refractivity contribution in [1.82, 2.24) is 0 Å². The molecule has 3 nitrogen and oxygen atoms in total. The first-order valence-electron chi connectivity index (χ1n) is 4.74. The summed E-state index contributed by atoms with van der Waals surface area (Å²) in [5, 5.41) is 0. The summed E-state index contributed by atoms with van der Waals surface area (Å²) in [5.74, 6) is 0. The molecular weight excluding hydrogens is 198 g/mol. The minimum Gasteiger partial charge on any atom is -0.400 e. The molecule has 0 atom stereocenters. The fourth-order valence-corrected chi connectivity index (χ4v) is 11.3. The van der Waals surface area contributed by atoms with Crippen LogP contribution in [-0.4, -0.2) is 36.4 Å². The van der Waals surface area contributed by atoms with Gasteiger partial charge in [-0.25, -0.2) is 0 Å². The highest BCUT2D eigenvalue weighted by molar-refractivity contribution is 7.36. The van der Waals surface area contributed by atoms with Gasteiger partial charge in [-0.05, 0) is 19.0 Å². The Kier molecular flexibility index (Phi) is 5.38. The molecule has 80 valence electrons. The van der Waals surface area contributed by atoms with E-state index < -0.39 is 15.7 Å². The van der Waals surface area contributed by atoms with Crippen LogP contribution in [0.3, 0.4) is 0 Å². The van der Waals surface area contributed by atoms with Gasteiger partial charge in [0.25, 0.3) is 0 Å². The fraction of sp³-hybridized carbons (Fsp3) is 1.00. The first kappa shape index (κ1) is 13.3. The van der Waals surface area contributed by atoms with E-state index in [1.165, 1.54) is 0 Å². The summed E-state index contributed by atoms with van der Waals surface area (Å²) >= 11 is 0. The number of rotatable bonds is 6. The lowest BCUT2D eigenvalue weighted by Gasteiger charge is -2.37. The quantitative estimate of drug-likeness (QED) is 0.691. The zero-order valence-corrected chi connectivity index (χ0v) is 11.5. The van der Waals surface area contributed by atoms with Crippen LogP contribution in [0.4, 0.5) is 0 Å². The molecule has 0 aliphatic carbocycles. The molecule has 0 heterocycles. The Morgan fingerprint density at radius 2 is 1.54 bits per heavy atom. The van der Waals surface area contributed by atoms with E-state index in [1.807, 2.05) is 0 Å². The first-order chi connectivity index (χ1) is 5.93. The molecule has 0 radical (unpaired) electrons. The van der Waals surface area contributed by atoms with Gasteiger partial charge in [-0.15, -0.1) is 0 Å². The molecule has 0 unspecified atom stereocenters. The van der Waals surface area contributed by atoms with Crippen LogP contribution in [0.2, 0.25) is 25.7 Å². The van der Waals surface area contributed by atoms with Crippen molar-refractivity contribution < 1.29 is 8.85 Å². The Balaban J connectivity index is 4.50. The molecule has 0 fully saturated rings. The van der Waals surface area contributed by atoms with E-state index in [0.717, 1.165) is 19.0 Å². The molecule has 0 spiro atoms. The maximum Gasteiger partial charge on any atom is 0.315 e. The van der Waals surface area contributed by atoms with Gasteiger partial charge in [0.05, 0.1) is 0 Å². The molecule has 0 saturated carbocycles. The third-order valence-electron chi connectivity index (χ3n) is 2.51. The topological polar surface area (TPSA) is 44.5 Å². The van der Waals surface area contributed by atoms with Gasteiger partial charge in [-0.1, -0.05) is 19.6 Å². The van der Waals surface area contributed by atoms with Crippen molar-refractivity contribution in [1.29, 1.82) is 0 Å². The van der Waals surface area contributed by atoms with E-state index in [0.29, 0.717) is 0 Å². The molecule has 0 saturated heterocycles. The highest BCUT2D eigenvalue weighted by atomic mass is 29.3. The van der Waals surface area contributed by atoms with Gasteiger partial charge < -0.3 is 14.6 Å². The molecule has 0 aromatic rings. The smallest absolute Gasteiger partial charge is 0.315 e. The molecule has 0 aromatic carbocycles. The van der Waals surface area contributed by atoms with Crippen molar-refractivity contribution in [2.24, 2.45) is 5.73 Å². The van der Waals surface area contributed by atoms with E-state index in [4.69, 9.17) is 14.6 Å².